The van der Waals surface area contributed by atoms with Crippen LogP contribution in [0.5, 0.6) is 5.75 Å². The fraction of sp³-hybridized carbons (Fsp3) is 0.529. The van der Waals surface area contributed by atoms with Gasteiger partial charge in [-0.25, -0.2) is 9.59 Å². The van der Waals surface area contributed by atoms with Crippen LogP contribution in [0.1, 0.15) is 25.3 Å². The molecule has 1 aliphatic rings. The highest BCUT2D eigenvalue weighted by Gasteiger charge is 2.09. The van der Waals surface area contributed by atoms with Crippen LogP contribution in [-0.4, -0.2) is 66.4 Å². The molecule has 0 aliphatic carbocycles. The molecular formula is C17H26N2O5. The Labute approximate surface area is 142 Å². The highest BCUT2D eigenvalue weighted by molar-refractivity contribution is 6.27. The average Bonchev–Trinajstić information content (AvgIpc) is 2.56. The lowest BCUT2D eigenvalue weighted by Crippen LogP contribution is -2.44. The van der Waals surface area contributed by atoms with Crippen molar-refractivity contribution in [2.24, 2.45) is 0 Å². The molecule has 24 heavy (non-hydrogen) atoms. The van der Waals surface area contributed by atoms with E-state index in [-0.39, 0.29) is 0 Å². The number of carboxylic acid groups (broad SMARTS) is 2. The number of nitrogens with zero attached hydrogens (tertiary/aromatic N) is 1. The van der Waals surface area contributed by atoms with Crippen LogP contribution in [0, 0.1) is 0 Å². The summed E-state index contributed by atoms with van der Waals surface area (Å²) in [5.74, 6) is -2.09. The van der Waals surface area contributed by atoms with E-state index < -0.39 is 11.9 Å². The minimum Gasteiger partial charge on any atom is -0.492 e. The Kier molecular flexibility index (Phi) is 8.81. The van der Waals surface area contributed by atoms with Gasteiger partial charge in [0.05, 0.1) is 0 Å². The van der Waals surface area contributed by atoms with Crippen LogP contribution >= 0.6 is 0 Å². The van der Waals surface area contributed by atoms with E-state index in [2.05, 4.69) is 42.3 Å². The minimum absolute atomic E-state index is 0.557. The number of piperazine rings is 1. The monoisotopic (exact) mass is 338 g/mol. The summed E-state index contributed by atoms with van der Waals surface area (Å²) < 4.78 is 5.84. The maximum Gasteiger partial charge on any atom is 0.414 e. The first-order valence-corrected chi connectivity index (χ1v) is 8.02. The van der Waals surface area contributed by atoms with Crippen molar-refractivity contribution in [1.82, 2.24) is 10.2 Å². The minimum atomic E-state index is -1.82. The van der Waals surface area contributed by atoms with E-state index in [4.69, 9.17) is 24.5 Å². The summed E-state index contributed by atoms with van der Waals surface area (Å²) in [6, 6.07) is 8.44. The summed E-state index contributed by atoms with van der Waals surface area (Å²) in [4.78, 5) is 20.6. The molecule has 0 unspecified atom stereocenters. The van der Waals surface area contributed by atoms with Crippen molar-refractivity contribution in [3.8, 4) is 5.75 Å². The molecule has 0 radical (unpaired) electrons. The van der Waals surface area contributed by atoms with Gasteiger partial charge in [0.15, 0.2) is 0 Å². The van der Waals surface area contributed by atoms with E-state index >= 15 is 0 Å². The standard InChI is InChI=1S/C15H24N2O.C2H2O4/c1-13(2)14-4-3-5-15(12-14)18-11-10-17-8-6-16-7-9-17;3-1(4)2(5)6/h3-5,12-13,16H,6-11H2,1-2H3;(H,3,4)(H,5,6). The quantitative estimate of drug-likeness (QED) is 0.695. The largest absolute Gasteiger partial charge is 0.492 e. The van der Waals surface area contributed by atoms with Crippen molar-refractivity contribution in [2.45, 2.75) is 19.8 Å². The molecule has 0 aromatic heterocycles. The molecule has 0 amide bonds. The average molecular weight is 338 g/mol. The number of hydrogen-bond acceptors (Lipinski definition) is 5. The fourth-order valence-corrected chi connectivity index (χ4v) is 2.19. The Hall–Kier alpha value is -2.12. The van der Waals surface area contributed by atoms with Gasteiger partial charge in [0.25, 0.3) is 0 Å². The van der Waals surface area contributed by atoms with Gasteiger partial charge in [-0.3, -0.25) is 4.90 Å². The van der Waals surface area contributed by atoms with E-state index in [1.165, 1.54) is 5.56 Å². The Morgan fingerprint density at radius 3 is 2.38 bits per heavy atom. The smallest absolute Gasteiger partial charge is 0.414 e. The van der Waals surface area contributed by atoms with Gasteiger partial charge in [0.1, 0.15) is 12.4 Å². The lowest BCUT2D eigenvalue weighted by atomic mass is 10.0. The van der Waals surface area contributed by atoms with Gasteiger partial charge in [0, 0.05) is 32.7 Å². The maximum absolute atomic E-state index is 9.10. The summed E-state index contributed by atoms with van der Waals surface area (Å²) in [5.41, 5.74) is 1.34. The van der Waals surface area contributed by atoms with Crippen LogP contribution in [-0.2, 0) is 9.59 Å². The number of carbonyl (C=O) groups is 2. The van der Waals surface area contributed by atoms with Crippen molar-refractivity contribution in [3.63, 3.8) is 0 Å². The third kappa shape index (κ3) is 7.94. The second kappa shape index (κ2) is 10.6. The molecule has 1 heterocycles. The van der Waals surface area contributed by atoms with Crippen LogP contribution in [0.4, 0.5) is 0 Å². The number of aliphatic carboxylic acids is 2. The van der Waals surface area contributed by atoms with Crippen LogP contribution in [0.15, 0.2) is 24.3 Å². The highest BCUT2D eigenvalue weighted by Crippen LogP contribution is 2.19. The topological polar surface area (TPSA) is 99.1 Å². The Bertz CT molecular complexity index is 515. The maximum atomic E-state index is 9.10. The molecule has 1 aliphatic heterocycles. The molecule has 7 heteroatoms. The SMILES string of the molecule is CC(C)c1cccc(OCCN2CCNCC2)c1.O=C(O)C(=O)O. The van der Waals surface area contributed by atoms with Crippen molar-refractivity contribution in [1.29, 1.82) is 0 Å². The Morgan fingerprint density at radius 2 is 1.83 bits per heavy atom. The highest BCUT2D eigenvalue weighted by atomic mass is 16.5. The normalized spacial score (nSPS) is 14.6. The Balaban J connectivity index is 0.000000413. The zero-order valence-electron chi connectivity index (χ0n) is 14.2. The lowest BCUT2D eigenvalue weighted by Gasteiger charge is -2.26. The first kappa shape index (κ1) is 19.9. The number of rotatable bonds is 5. The molecule has 1 aromatic carbocycles. The van der Waals surface area contributed by atoms with E-state index in [1.807, 2.05) is 6.07 Å². The van der Waals surface area contributed by atoms with E-state index in [9.17, 15) is 0 Å². The fourth-order valence-electron chi connectivity index (χ4n) is 2.19. The van der Waals surface area contributed by atoms with Gasteiger partial charge in [-0.1, -0.05) is 26.0 Å². The van der Waals surface area contributed by atoms with Gasteiger partial charge in [0.2, 0.25) is 0 Å². The first-order valence-electron chi connectivity index (χ1n) is 8.02. The van der Waals surface area contributed by atoms with Crippen LogP contribution in [0.3, 0.4) is 0 Å². The second-order valence-corrected chi connectivity index (χ2v) is 5.78. The van der Waals surface area contributed by atoms with Crippen molar-refractivity contribution in [3.05, 3.63) is 29.8 Å². The first-order chi connectivity index (χ1) is 11.4. The molecule has 0 spiro atoms. The summed E-state index contributed by atoms with van der Waals surface area (Å²) in [6.45, 7) is 10.7. The van der Waals surface area contributed by atoms with Crippen LogP contribution < -0.4 is 10.1 Å². The molecule has 3 N–H and O–H groups in total. The van der Waals surface area contributed by atoms with Crippen LogP contribution in [0.2, 0.25) is 0 Å². The van der Waals surface area contributed by atoms with Gasteiger partial charge < -0.3 is 20.3 Å². The van der Waals surface area contributed by atoms with Crippen LogP contribution in [0.25, 0.3) is 0 Å². The van der Waals surface area contributed by atoms with E-state index in [1.54, 1.807) is 0 Å². The van der Waals surface area contributed by atoms with Crippen molar-refractivity contribution >= 4 is 11.9 Å². The third-order valence-corrected chi connectivity index (χ3v) is 3.59. The second-order valence-electron chi connectivity index (χ2n) is 5.78. The zero-order valence-corrected chi connectivity index (χ0v) is 14.2. The molecule has 0 atom stereocenters. The Morgan fingerprint density at radius 1 is 1.21 bits per heavy atom. The molecule has 7 nitrogen and oxygen atoms in total. The predicted molar refractivity (Wildman–Crippen MR) is 90.6 cm³/mol. The molecule has 1 saturated heterocycles. The number of carboxylic acids is 2. The third-order valence-electron chi connectivity index (χ3n) is 3.59. The van der Waals surface area contributed by atoms with Gasteiger partial charge in [-0.15, -0.1) is 0 Å². The molecule has 134 valence electrons. The van der Waals surface area contributed by atoms with E-state index in [0.29, 0.717) is 5.92 Å². The zero-order chi connectivity index (χ0) is 17.9. The van der Waals surface area contributed by atoms with Gasteiger partial charge >= 0.3 is 11.9 Å². The molecule has 2 rings (SSSR count). The number of benzene rings is 1. The summed E-state index contributed by atoms with van der Waals surface area (Å²) in [6.07, 6.45) is 0. The molecule has 1 fully saturated rings. The molecule has 0 bridgehead atoms. The molecule has 1 aromatic rings. The van der Waals surface area contributed by atoms with Gasteiger partial charge in [-0.05, 0) is 23.6 Å². The van der Waals surface area contributed by atoms with Gasteiger partial charge in [-0.2, -0.15) is 0 Å². The summed E-state index contributed by atoms with van der Waals surface area (Å²) in [7, 11) is 0. The number of nitrogens with one attached hydrogen (secondary N) is 1. The molecule has 0 saturated carbocycles. The molecular weight excluding hydrogens is 312 g/mol. The predicted octanol–water partition coefficient (Wildman–Crippen LogP) is 1.25. The van der Waals surface area contributed by atoms with Crippen molar-refractivity contribution in [2.75, 3.05) is 39.3 Å². The van der Waals surface area contributed by atoms with Crippen molar-refractivity contribution < 1.29 is 24.5 Å². The lowest BCUT2D eigenvalue weighted by molar-refractivity contribution is -0.159. The summed E-state index contributed by atoms with van der Waals surface area (Å²) in [5, 5.41) is 18.1. The van der Waals surface area contributed by atoms with E-state index in [0.717, 1.165) is 45.1 Å². The number of ether oxygens (including phenoxy) is 1. The summed E-state index contributed by atoms with van der Waals surface area (Å²) >= 11 is 0. The number of hydrogen-bond donors (Lipinski definition) is 3.